The van der Waals surface area contributed by atoms with E-state index in [0.717, 1.165) is 5.56 Å². The molecule has 0 saturated carbocycles. The molecule has 0 bridgehead atoms. The predicted octanol–water partition coefficient (Wildman–Crippen LogP) is 2.27. The first-order chi connectivity index (χ1) is 10.6. The monoisotopic (exact) mass is 298 g/mol. The lowest BCUT2D eigenvalue weighted by molar-refractivity contribution is 0.0955. The molecule has 112 valence electrons. The second kappa shape index (κ2) is 5.77. The van der Waals surface area contributed by atoms with E-state index >= 15 is 0 Å². The number of nitrogens with zero attached hydrogens (tertiary/aromatic N) is 1. The molecule has 0 spiro atoms. The van der Waals surface area contributed by atoms with E-state index in [9.17, 15) is 9.90 Å². The van der Waals surface area contributed by atoms with Gasteiger partial charge in [0.1, 0.15) is 5.75 Å². The van der Waals surface area contributed by atoms with Crippen molar-refractivity contribution in [3.05, 3.63) is 53.6 Å². The molecule has 1 heterocycles. The summed E-state index contributed by atoms with van der Waals surface area (Å²) in [6.45, 7) is 2.00. The normalized spacial score (nSPS) is 13.0. The number of carbonyl (C=O) groups excluding carboxylic acids is 1. The first-order valence-electron chi connectivity index (χ1n) is 6.67. The molecule has 1 amide bonds. The summed E-state index contributed by atoms with van der Waals surface area (Å²) in [4.78, 5) is 11.9. The number of benzene rings is 2. The molecule has 0 saturated heterocycles. The maximum atomic E-state index is 11.9. The van der Waals surface area contributed by atoms with Gasteiger partial charge < -0.3 is 14.6 Å². The van der Waals surface area contributed by atoms with Gasteiger partial charge >= 0.3 is 0 Å². The lowest BCUT2D eigenvalue weighted by atomic mass is 10.1. The van der Waals surface area contributed by atoms with E-state index in [-0.39, 0.29) is 18.4 Å². The molecule has 6 nitrogen and oxygen atoms in total. The van der Waals surface area contributed by atoms with Crippen molar-refractivity contribution in [2.45, 2.75) is 6.92 Å². The van der Waals surface area contributed by atoms with Gasteiger partial charge in [0.25, 0.3) is 5.91 Å². The number of ether oxygens (including phenoxy) is 2. The number of hydrogen-bond donors (Lipinski definition) is 2. The van der Waals surface area contributed by atoms with Crippen LogP contribution in [0.3, 0.4) is 0 Å². The van der Waals surface area contributed by atoms with Crippen molar-refractivity contribution < 1.29 is 19.4 Å². The second-order valence-electron chi connectivity index (χ2n) is 4.75. The molecule has 6 heteroatoms. The Morgan fingerprint density at radius 3 is 2.55 bits per heavy atom. The molecular weight excluding hydrogens is 284 g/mol. The van der Waals surface area contributed by atoms with Crippen LogP contribution >= 0.6 is 0 Å². The molecule has 0 fully saturated rings. The number of nitrogens with one attached hydrogen (secondary N) is 1. The lowest BCUT2D eigenvalue weighted by Crippen LogP contribution is -2.19. The molecule has 1 aliphatic rings. The van der Waals surface area contributed by atoms with Crippen molar-refractivity contribution in [2.24, 2.45) is 5.10 Å². The van der Waals surface area contributed by atoms with E-state index in [1.807, 2.05) is 12.1 Å². The number of hydrazone groups is 1. The zero-order valence-electron chi connectivity index (χ0n) is 11.9. The van der Waals surface area contributed by atoms with E-state index in [4.69, 9.17) is 9.47 Å². The summed E-state index contributed by atoms with van der Waals surface area (Å²) in [7, 11) is 0. The summed E-state index contributed by atoms with van der Waals surface area (Å²) in [5, 5.41) is 13.3. The predicted molar refractivity (Wildman–Crippen MR) is 80.3 cm³/mol. The minimum Gasteiger partial charge on any atom is -0.508 e. The van der Waals surface area contributed by atoms with Gasteiger partial charge in [-0.25, -0.2) is 5.43 Å². The second-order valence-corrected chi connectivity index (χ2v) is 4.75. The van der Waals surface area contributed by atoms with Gasteiger partial charge in [0.2, 0.25) is 6.79 Å². The van der Waals surface area contributed by atoms with E-state index in [2.05, 4.69) is 10.5 Å². The minimum absolute atomic E-state index is 0.108. The van der Waals surface area contributed by atoms with Gasteiger partial charge in [-0.1, -0.05) is 0 Å². The standard InChI is InChI=1S/C16H14N2O4/c1-10(12-4-7-14-15(8-12)22-9-21-14)17-18-16(20)11-2-5-13(19)6-3-11/h2-8,19H,9H2,1H3,(H,18,20). The van der Waals surface area contributed by atoms with Crippen LogP contribution in [0, 0.1) is 0 Å². The van der Waals surface area contributed by atoms with Crippen molar-refractivity contribution in [3.8, 4) is 17.2 Å². The van der Waals surface area contributed by atoms with Gasteiger partial charge in [-0.2, -0.15) is 5.10 Å². The van der Waals surface area contributed by atoms with Crippen molar-refractivity contribution in [1.82, 2.24) is 5.43 Å². The number of rotatable bonds is 3. The summed E-state index contributed by atoms with van der Waals surface area (Å²) in [5.41, 5.74) is 4.37. The number of carbonyl (C=O) groups is 1. The summed E-state index contributed by atoms with van der Waals surface area (Å²) in [6, 6.07) is 11.4. The maximum absolute atomic E-state index is 11.9. The molecular formula is C16H14N2O4. The lowest BCUT2D eigenvalue weighted by Gasteiger charge is -2.04. The Morgan fingerprint density at radius 1 is 1.09 bits per heavy atom. The summed E-state index contributed by atoms with van der Waals surface area (Å²) < 4.78 is 10.6. The van der Waals surface area contributed by atoms with Crippen molar-refractivity contribution in [2.75, 3.05) is 6.79 Å². The van der Waals surface area contributed by atoms with Crippen LogP contribution in [0.2, 0.25) is 0 Å². The summed E-state index contributed by atoms with van der Waals surface area (Å²) in [6.07, 6.45) is 0. The first kappa shape index (κ1) is 13.9. The SMILES string of the molecule is CC(=NNC(=O)c1ccc(O)cc1)c1ccc2c(c1)OCO2. The topological polar surface area (TPSA) is 80.2 Å². The molecule has 0 unspecified atom stereocenters. The highest BCUT2D eigenvalue weighted by molar-refractivity contribution is 6.01. The van der Waals surface area contributed by atoms with Crippen molar-refractivity contribution in [1.29, 1.82) is 0 Å². The van der Waals surface area contributed by atoms with E-state index < -0.39 is 0 Å². The fraction of sp³-hybridized carbons (Fsp3) is 0.125. The van der Waals surface area contributed by atoms with Gasteiger partial charge in [-0.15, -0.1) is 0 Å². The number of hydrogen-bond acceptors (Lipinski definition) is 5. The highest BCUT2D eigenvalue weighted by Gasteiger charge is 2.14. The van der Waals surface area contributed by atoms with Gasteiger partial charge in [-0.3, -0.25) is 4.79 Å². The molecule has 2 N–H and O–H groups in total. The third-order valence-electron chi connectivity index (χ3n) is 3.24. The fourth-order valence-corrected chi connectivity index (χ4v) is 2.00. The zero-order valence-corrected chi connectivity index (χ0v) is 11.9. The molecule has 2 aromatic carbocycles. The third kappa shape index (κ3) is 2.85. The quantitative estimate of drug-likeness (QED) is 0.673. The molecule has 3 rings (SSSR count). The molecule has 22 heavy (non-hydrogen) atoms. The van der Waals surface area contributed by atoms with Crippen LogP contribution in [0.5, 0.6) is 17.2 Å². The first-order valence-corrected chi connectivity index (χ1v) is 6.67. The smallest absolute Gasteiger partial charge is 0.271 e. The van der Waals surface area contributed by atoms with Crippen LogP contribution in [0.4, 0.5) is 0 Å². The Kier molecular flexibility index (Phi) is 3.65. The molecule has 0 aromatic heterocycles. The van der Waals surface area contributed by atoms with Gasteiger partial charge in [0, 0.05) is 11.1 Å². The highest BCUT2D eigenvalue weighted by Crippen LogP contribution is 2.32. The molecule has 1 aliphatic heterocycles. The Labute approximate surface area is 127 Å². The minimum atomic E-state index is -0.347. The third-order valence-corrected chi connectivity index (χ3v) is 3.24. The summed E-state index contributed by atoms with van der Waals surface area (Å²) in [5.74, 6) is 1.12. The fourth-order valence-electron chi connectivity index (χ4n) is 2.00. The summed E-state index contributed by atoms with van der Waals surface area (Å²) >= 11 is 0. The Morgan fingerprint density at radius 2 is 1.77 bits per heavy atom. The van der Waals surface area contributed by atoms with Gasteiger partial charge in [0.15, 0.2) is 11.5 Å². The van der Waals surface area contributed by atoms with Crippen LogP contribution < -0.4 is 14.9 Å². The maximum Gasteiger partial charge on any atom is 0.271 e. The highest BCUT2D eigenvalue weighted by atomic mass is 16.7. The van der Waals surface area contributed by atoms with Crippen LogP contribution in [0.25, 0.3) is 0 Å². The van der Waals surface area contributed by atoms with Gasteiger partial charge in [-0.05, 0) is 49.4 Å². The number of amides is 1. The number of phenols is 1. The van der Waals surface area contributed by atoms with Crippen LogP contribution in [0.15, 0.2) is 47.6 Å². The number of phenolic OH excluding ortho intramolecular Hbond substituents is 1. The average molecular weight is 298 g/mol. The Balaban J connectivity index is 1.72. The van der Waals surface area contributed by atoms with E-state index in [1.54, 1.807) is 13.0 Å². The Hall–Kier alpha value is -3.02. The average Bonchev–Trinajstić information content (AvgIpc) is 3.00. The molecule has 2 aromatic rings. The van der Waals surface area contributed by atoms with Crippen LogP contribution in [-0.4, -0.2) is 23.5 Å². The largest absolute Gasteiger partial charge is 0.508 e. The molecule has 0 atom stereocenters. The van der Waals surface area contributed by atoms with E-state index in [1.165, 1.54) is 24.3 Å². The number of aromatic hydroxyl groups is 1. The van der Waals surface area contributed by atoms with Crippen molar-refractivity contribution in [3.63, 3.8) is 0 Å². The van der Waals surface area contributed by atoms with Crippen LogP contribution in [0.1, 0.15) is 22.8 Å². The molecule has 0 aliphatic carbocycles. The van der Waals surface area contributed by atoms with E-state index in [0.29, 0.717) is 22.8 Å². The van der Waals surface area contributed by atoms with Gasteiger partial charge in [0.05, 0.1) is 5.71 Å². The zero-order chi connectivity index (χ0) is 15.5. The van der Waals surface area contributed by atoms with Crippen LogP contribution in [-0.2, 0) is 0 Å². The molecule has 0 radical (unpaired) electrons. The van der Waals surface area contributed by atoms with Crippen molar-refractivity contribution >= 4 is 11.6 Å². The Bertz CT molecular complexity index is 738. The number of fused-ring (bicyclic) bond motifs is 1.